The highest BCUT2D eigenvalue weighted by molar-refractivity contribution is 6.12. The number of rotatable bonds is 3. The lowest BCUT2D eigenvalue weighted by molar-refractivity contribution is 0.0715. The first-order chi connectivity index (χ1) is 10.2. The number of hydrogen-bond acceptors (Lipinski definition) is 4. The predicted octanol–water partition coefficient (Wildman–Crippen LogP) is 3.09. The van der Waals surface area contributed by atoms with Crippen molar-refractivity contribution in [1.29, 1.82) is 0 Å². The third kappa shape index (κ3) is 2.31. The van der Waals surface area contributed by atoms with Crippen LogP contribution in [0.4, 0.5) is 0 Å². The van der Waals surface area contributed by atoms with Gasteiger partial charge in [0.1, 0.15) is 11.5 Å². The second kappa shape index (κ2) is 5.25. The molecule has 4 heteroatoms. The Morgan fingerprint density at radius 2 is 1.86 bits per heavy atom. The van der Waals surface area contributed by atoms with Crippen LogP contribution < -0.4 is 4.74 Å². The van der Waals surface area contributed by atoms with E-state index >= 15 is 0 Å². The SMILES string of the molecule is COc1cccc2c1C(=CC(=O)c1ccccc1)OC2=O. The van der Waals surface area contributed by atoms with Crippen molar-refractivity contribution in [3.63, 3.8) is 0 Å². The molecule has 0 unspecified atom stereocenters. The average molecular weight is 280 g/mol. The van der Waals surface area contributed by atoms with E-state index in [9.17, 15) is 9.59 Å². The average Bonchev–Trinajstić information content (AvgIpc) is 2.84. The number of esters is 1. The molecular weight excluding hydrogens is 268 g/mol. The Morgan fingerprint density at radius 3 is 2.57 bits per heavy atom. The van der Waals surface area contributed by atoms with Crippen LogP contribution >= 0.6 is 0 Å². The van der Waals surface area contributed by atoms with Crippen LogP contribution in [-0.2, 0) is 4.74 Å². The Bertz CT molecular complexity index is 745. The van der Waals surface area contributed by atoms with Crippen LogP contribution in [-0.4, -0.2) is 18.9 Å². The molecule has 2 aromatic rings. The minimum absolute atomic E-state index is 0.223. The van der Waals surface area contributed by atoms with Crippen LogP contribution in [0.2, 0.25) is 0 Å². The molecule has 0 amide bonds. The minimum atomic E-state index is -0.476. The minimum Gasteiger partial charge on any atom is -0.496 e. The Morgan fingerprint density at radius 1 is 1.10 bits per heavy atom. The zero-order valence-corrected chi connectivity index (χ0v) is 11.3. The second-order valence-corrected chi connectivity index (χ2v) is 4.51. The molecular formula is C17H12O4. The summed E-state index contributed by atoms with van der Waals surface area (Å²) in [5, 5.41) is 0. The zero-order valence-electron chi connectivity index (χ0n) is 11.3. The van der Waals surface area contributed by atoms with E-state index in [4.69, 9.17) is 9.47 Å². The predicted molar refractivity (Wildman–Crippen MR) is 77.2 cm³/mol. The molecule has 0 bridgehead atoms. The Balaban J connectivity index is 2.05. The number of carbonyl (C=O) groups excluding carboxylic acids is 2. The number of cyclic esters (lactones) is 1. The first kappa shape index (κ1) is 13.1. The summed E-state index contributed by atoms with van der Waals surface area (Å²) in [6, 6.07) is 13.9. The molecule has 1 aliphatic heterocycles. The fourth-order valence-corrected chi connectivity index (χ4v) is 2.24. The van der Waals surface area contributed by atoms with Crippen molar-refractivity contribution in [3.05, 3.63) is 71.3 Å². The van der Waals surface area contributed by atoms with Gasteiger partial charge in [-0.25, -0.2) is 4.79 Å². The molecule has 3 rings (SSSR count). The number of methoxy groups -OCH3 is 1. The van der Waals surface area contributed by atoms with Gasteiger partial charge in [0, 0.05) is 11.6 Å². The Kier molecular flexibility index (Phi) is 3.28. The van der Waals surface area contributed by atoms with Crippen molar-refractivity contribution in [1.82, 2.24) is 0 Å². The largest absolute Gasteiger partial charge is 0.496 e. The smallest absolute Gasteiger partial charge is 0.344 e. The number of ether oxygens (including phenoxy) is 2. The molecule has 0 saturated heterocycles. The quantitative estimate of drug-likeness (QED) is 0.492. The topological polar surface area (TPSA) is 52.6 Å². The van der Waals surface area contributed by atoms with Gasteiger partial charge in [-0.2, -0.15) is 0 Å². The van der Waals surface area contributed by atoms with E-state index in [1.54, 1.807) is 42.5 Å². The Labute approximate surface area is 121 Å². The van der Waals surface area contributed by atoms with Crippen LogP contribution in [0.25, 0.3) is 5.76 Å². The van der Waals surface area contributed by atoms with Crippen molar-refractivity contribution < 1.29 is 19.1 Å². The molecule has 21 heavy (non-hydrogen) atoms. The van der Waals surface area contributed by atoms with Gasteiger partial charge in [0.15, 0.2) is 5.78 Å². The molecule has 2 aromatic carbocycles. The summed E-state index contributed by atoms with van der Waals surface area (Å²) in [7, 11) is 1.51. The molecule has 1 aliphatic rings. The van der Waals surface area contributed by atoms with E-state index in [1.165, 1.54) is 13.2 Å². The van der Waals surface area contributed by atoms with E-state index in [0.717, 1.165) is 0 Å². The van der Waals surface area contributed by atoms with E-state index < -0.39 is 5.97 Å². The number of allylic oxidation sites excluding steroid dienone is 1. The van der Waals surface area contributed by atoms with E-state index in [0.29, 0.717) is 22.4 Å². The highest BCUT2D eigenvalue weighted by Gasteiger charge is 2.30. The highest BCUT2D eigenvalue weighted by Crippen LogP contribution is 2.36. The number of fused-ring (bicyclic) bond motifs is 1. The molecule has 0 aromatic heterocycles. The molecule has 4 nitrogen and oxygen atoms in total. The van der Waals surface area contributed by atoms with Crippen molar-refractivity contribution in [2.24, 2.45) is 0 Å². The normalized spacial score (nSPS) is 14.7. The molecule has 0 N–H and O–H groups in total. The number of benzene rings is 2. The maximum atomic E-state index is 12.2. The maximum Gasteiger partial charge on any atom is 0.344 e. The molecule has 0 aliphatic carbocycles. The van der Waals surface area contributed by atoms with Gasteiger partial charge >= 0.3 is 5.97 Å². The first-order valence-corrected chi connectivity index (χ1v) is 6.41. The van der Waals surface area contributed by atoms with E-state index in [1.807, 2.05) is 6.07 Å². The number of ketones is 1. The third-order valence-corrected chi connectivity index (χ3v) is 3.24. The summed E-state index contributed by atoms with van der Waals surface area (Å²) < 4.78 is 10.4. The lowest BCUT2D eigenvalue weighted by Gasteiger charge is -2.05. The molecule has 0 radical (unpaired) electrons. The second-order valence-electron chi connectivity index (χ2n) is 4.51. The standard InChI is InChI=1S/C17H12O4/c1-20-14-9-5-8-12-16(14)15(21-17(12)19)10-13(18)11-6-3-2-4-7-11/h2-10H,1H3. The Hall–Kier alpha value is -2.88. The molecule has 104 valence electrons. The summed E-state index contributed by atoms with van der Waals surface area (Å²) in [6.07, 6.45) is 1.32. The monoisotopic (exact) mass is 280 g/mol. The van der Waals surface area contributed by atoms with E-state index in [2.05, 4.69) is 0 Å². The van der Waals surface area contributed by atoms with Crippen LogP contribution in [0.1, 0.15) is 26.3 Å². The van der Waals surface area contributed by atoms with Gasteiger partial charge in [-0.1, -0.05) is 36.4 Å². The number of hydrogen-bond donors (Lipinski definition) is 0. The molecule has 0 spiro atoms. The summed E-state index contributed by atoms with van der Waals surface area (Å²) in [5.41, 5.74) is 1.46. The summed E-state index contributed by atoms with van der Waals surface area (Å²) in [5.74, 6) is 0.0277. The molecule has 1 heterocycles. The highest BCUT2D eigenvalue weighted by atomic mass is 16.5. The number of carbonyl (C=O) groups is 2. The van der Waals surface area contributed by atoms with E-state index in [-0.39, 0.29) is 11.5 Å². The van der Waals surface area contributed by atoms with Gasteiger partial charge in [-0.05, 0) is 12.1 Å². The van der Waals surface area contributed by atoms with Gasteiger partial charge in [0.25, 0.3) is 0 Å². The van der Waals surface area contributed by atoms with Gasteiger partial charge in [0.05, 0.1) is 18.2 Å². The van der Waals surface area contributed by atoms with Gasteiger partial charge in [-0.3, -0.25) is 4.79 Å². The zero-order chi connectivity index (χ0) is 14.8. The lowest BCUT2D eigenvalue weighted by atomic mass is 10.0. The van der Waals surface area contributed by atoms with Crippen LogP contribution in [0.5, 0.6) is 5.75 Å². The molecule has 0 atom stereocenters. The van der Waals surface area contributed by atoms with Crippen molar-refractivity contribution in [2.75, 3.05) is 7.11 Å². The fraction of sp³-hybridized carbons (Fsp3) is 0.0588. The van der Waals surface area contributed by atoms with Crippen molar-refractivity contribution in [2.45, 2.75) is 0 Å². The molecule has 0 fully saturated rings. The third-order valence-electron chi connectivity index (χ3n) is 3.24. The summed E-state index contributed by atoms with van der Waals surface area (Å²) in [4.78, 5) is 24.0. The van der Waals surface area contributed by atoms with Crippen molar-refractivity contribution in [3.8, 4) is 5.75 Å². The first-order valence-electron chi connectivity index (χ1n) is 6.41. The summed E-state index contributed by atoms with van der Waals surface area (Å²) in [6.45, 7) is 0. The van der Waals surface area contributed by atoms with Crippen LogP contribution in [0.15, 0.2) is 54.6 Å². The molecule has 0 saturated carbocycles. The van der Waals surface area contributed by atoms with Crippen LogP contribution in [0, 0.1) is 0 Å². The maximum absolute atomic E-state index is 12.2. The van der Waals surface area contributed by atoms with Gasteiger partial charge in [0.2, 0.25) is 0 Å². The fourth-order valence-electron chi connectivity index (χ4n) is 2.24. The van der Waals surface area contributed by atoms with Crippen molar-refractivity contribution >= 4 is 17.5 Å². The van der Waals surface area contributed by atoms with Crippen LogP contribution in [0.3, 0.4) is 0 Å². The summed E-state index contributed by atoms with van der Waals surface area (Å²) >= 11 is 0. The lowest BCUT2D eigenvalue weighted by Crippen LogP contribution is -1.97. The van der Waals surface area contributed by atoms with Gasteiger partial charge < -0.3 is 9.47 Å². The van der Waals surface area contributed by atoms with Gasteiger partial charge in [-0.15, -0.1) is 0 Å².